The Bertz CT molecular complexity index is 357. The van der Waals surface area contributed by atoms with Crippen molar-refractivity contribution in [2.24, 2.45) is 0 Å². The standard InChI is InChI=1S/C13H20N2S/c1-3-12-9-14-13(16-12)10(2)15-11-7-5-4-6-8-11/h5,7,9-11,15H,3-4,6,8H2,1-2H3. The summed E-state index contributed by atoms with van der Waals surface area (Å²) < 4.78 is 0. The van der Waals surface area contributed by atoms with Crippen molar-refractivity contribution in [3.63, 3.8) is 0 Å². The van der Waals surface area contributed by atoms with E-state index in [2.05, 4.69) is 36.3 Å². The molecule has 2 nitrogen and oxygen atoms in total. The minimum Gasteiger partial charge on any atom is -0.302 e. The predicted molar refractivity (Wildman–Crippen MR) is 69.8 cm³/mol. The van der Waals surface area contributed by atoms with E-state index in [1.165, 1.54) is 29.1 Å². The Morgan fingerprint density at radius 3 is 3.12 bits per heavy atom. The maximum absolute atomic E-state index is 4.48. The van der Waals surface area contributed by atoms with Crippen molar-refractivity contribution in [2.75, 3.05) is 0 Å². The van der Waals surface area contributed by atoms with Gasteiger partial charge in [-0.25, -0.2) is 4.98 Å². The molecule has 0 aromatic carbocycles. The fraction of sp³-hybridized carbons (Fsp3) is 0.615. The lowest BCUT2D eigenvalue weighted by atomic mass is 10.0. The van der Waals surface area contributed by atoms with E-state index >= 15 is 0 Å². The molecule has 0 aliphatic heterocycles. The SMILES string of the molecule is CCc1cnc(C(C)NC2C=CCCC2)s1. The van der Waals surface area contributed by atoms with Gasteiger partial charge in [0.25, 0.3) is 0 Å². The van der Waals surface area contributed by atoms with Gasteiger partial charge in [-0.05, 0) is 32.6 Å². The Balaban J connectivity index is 1.93. The zero-order chi connectivity index (χ0) is 11.4. The molecule has 0 bridgehead atoms. The molecule has 3 heteroatoms. The number of allylic oxidation sites excluding steroid dienone is 1. The molecule has 1 aromatic rings. The molecule has 16 heavy (non-hydrogen) atoms. The van der Waals surface area contributed by atoms with Gasteiger partial charge >= 0.3 is 0 Å². The molecule has 88 valence electrons. The quantitative estimate of drug-likeness (QED) is 0.810. The molecular weight excluding hydrogens is 216 g/mol. The van der Waals surface area contributed by atoms with Gasteiger partial charge in [0, 0.05) is 17.1 Å². The van der Waals surface area contributed by atoms with Crippen LogP contribution in [-0.2, 0) is 6.42 Å². The van der Waals surface area contributed by atoms with Crippen LogP contribution >= 0.6 is 11.3 Å². The van der Waals surface area contributed by atoms with Crippen LogP contribution in [0.3, 0.4) is 0 Å². The Morgan fingerprint density at radius 2 is 2.50 bits per heavy atom. The summed E-state index contributed by atoms with van der Waals surface area (Å²) in [7, 11) is 0. The molecule has 2 rings (SSSR count). The van der Waals surface area contributed by atoms with Crippen molar-refractivity contribution >= 4 is 11.3 Å². The average Bonchev–Trinajstić information content (AvgIpc) is 2.79. The van der Waals surface area contributed by atoms with Gasteiger partial charge in [-0.15, -0.1) is 11.3 Å². The Hall–Kier alpha value is -0.670. The van der Waals surface area contributed by atoms with Crippen LogP contribution in [-0.4, -0.2) is 11.0 Å². The summed E-state index contributed by atoms with van der Waals surface area (Å²) in [5, 5.41) is 4.85. The van der Waals surface area contributed by atoms with Gasteiger partial charge in [0.15, 0.2) is 0 Å². The molecule has 0 amide bonds. The highest BCUT2D eigenvalue weighted by molar-refractivity contribution is 7.11. The molecule has 1 N–H and O–H groups in total. The van der Waals surface area contributed by atoms with Crippen molar-refractivity contribution < 1.29 is 0 Å². The van der Waals surface area contributed by atoms with Crippen molar-refractivity contribution in [3.05, 3.63) is 28.2 Å². The molecule has 1 heterocycles. The predicted octanol–water partition coefficient (Wildman–Crippen LogP) is 3.46. The average molecular weight is 236 g/mol. The first-order chi connectivity index (χ1) is 7.79. The maximum Gasteiger partial charge on any atom is 0.109 e. The number of hydrogen-bond donors (Lipinski definition) is 1. The molecule has 2 unspecified atom stereocenters. The highest BCUT2D eigenvalue weighted by atomic mass is 32.1. The van der Waals surface area contributed by atoms with E-state index in [1.807, 2.05) is 17.5 Å². The normalized spacial score (nSPS) is 22.2. The van der Waals surface area contributed by atoms with E-state index in [0.29, 0.717) is 12.1 Å². The first-order valence-electron chi connectivity index (χ1n) is 6.17. The summed E-state index contributed by atoms with van der Waals surface area (Å²) in [6.07, 6.45) is 11.5. The van der Waals surface area contributed by atoms with Crippen LogP contribution in [0, 0.1) is 0 Å². The van der Waals surface area contributed by atoms with Crippen molar-refractivity contribution in [1.29, 1.82) is 0 Å². The maximum atomic E-state index is 4.48. The Morgan fingerprint density at radius 1 is 1.62 bits per heavy atom. The topological polar surface area (TPSA) is 24.9 Å². The minimum atomic E-state index is 0.373. The van der Waals surface area contributed by atoms with Crippen LogP contribution in [0.4, 0.5) is 0 Å². The highest BCUT2D eigenvalue weighted by Crippen LogP contribution is 2.22. The van der Waals surface area contributed by atoms with Crippen molar-refractivity contribution in [3.8, 4) is 0 Å². The summed E-state index contributed by atoms with van der Waals surface area (Å²) >= 11 is 1.83. The minimum absolute atomic E-state index is 0.373. The van der Waals surface area contributed by atoms with E-state index in [1.54, 1.807) is 0 Å². The smallest absolute Gasteiger partial charge is 0.109 e. The molecular formula is C13H20N2S. The van der Waals surface area contributed by atoms with Gasteiger partial charge in [0.1, 0.15) is 5.01 Å². The van der Waals surface area contributed by atoms with Crippen LogP contribution in [0.5, 0.6) is 0 Å². The summed E-state index contributed by atoms with van der Waals surface area (Å²) in [4.78, 5) is 5.86. The zero-order valence-electron chi connectivity index (χ0n) is 10.1. The van der Waals surface area contributed by atoms with E-state index < -0.39 is 0 Å². The number of aryl methyl sites for hydroxylation is 1. The molecule has 1 aliphatic carbocycles. The lowest BCUT2D eigenvalue weighted by Gasteiger charge is -2.21. The van der Waals surface area contributed by atoms with Gasteiger partial charge < -0.3 is 5.32 Å². The molecule has 0 saturated heterocycles. The Labute approximate surface area is 102 Å². The second-order valence-corrected chi connectivity index (χ2v) is 5.52. The second kappa shape index (κ2) is 5.60. The zero-order valence-corrected chi connectivity index (χ0v) is 10.9. The number of nitrogens with zero attached hydrogens (tertiary/aromatic N) is 1. The number of nitrogens with one attached hydrogen (secondary N) is 1. The monoisotopic (exact) mass is 236 g/mol. The fourth-order valence-electron chi connectivity index (χ4n) is 2.03. The van der Waals surface area contributed by atoms with Crippen LogP contribution in [0.2, 0.25) is 0 Å². The van der Waals surface area contributed by atoms with E-state index in [-0.39, 0.29) is 0 Å². The third-order valence-electron chi connectivity index (χ3n) is 3.01. The molecule has 1 aromatic heterocycles. The number of hydrogen-bond acceptors (Lipinski definition) is 3. The van der Waals surface area contributed by atoms with Crippen LogP contribution in [0.25, 0.3) is 0 Å². The van der Waals surface area contributed by atoms with Gasteiger partial charge in [-0.1, -0.05) is 19.1 Å². The van der Waals surface area contributed by atoms with Crippen molar-refractivity contribution in [1.82, 2.24) is 10.3 Å². The summed E-state index contributed by atoms with van der Waals surface area (Å²) in [6.45, 7) is 4.39. The lowest BCUT2D eigenvalue weighted by molar-refractivity contribution is 0.466. The molecule has 2 atom stereocenters. The highest BCUT2D eigenvalue weighted by Gasteiger charge is 2.15. The van der Waals surface area contributed by atoms with Crippen LogP contribution < -0.4 is 5.32 Å². The number of rotatable bonds is 4. The second-order valence-electron chi connectivity index (χ2n) is 4.37. The lowest BCUT2D eigenvalue weighted by Crippen LogP contribution is -2.30. The molecule has 0 radical (unpaired) electrons. The van der Waals surface area contributed by atoms with Gasteiger partial charge in [-0.3, -0.25) is 0 Å². The molecule has 0 fully saturated rings. The van der Waals surface area contributed by atoms with E-state index in [4.69, 9.17) is 0 Å². The molecule has 1 aliphatic rings. The fourth-order valence-corrected chi connectivity index (χ4v) is 2.90. The first-order valence-corrected chi connectivity index (χ1v) is 6.98. The largest absolute Gasteiger partial charge is 0.302 e. The van der Waals surface area contributed by atoms with Crippen LogP contribution in [0.15, 0.2) is 18.3 Å². The summed E-state index contributed by atoms with van der Waals surface area (Å²) in [5.74, 6) is 0. The third kappa shape index (κ3) is 2.92. The number of aromatic nitrogens is 1. The van der Waals surface area contributed by atoms with Gasteiger partial charge in [-0.2, -0.15) is 0 Å². The van der Waals surface area contributed by atoms with E-state index in [9.17, 15) is 0 Å². The number of thiazole rings is 1. The van der Waals surface area contributed by atoms with Crippen LogP contribution in [0.1, 0.15) is 49.0 Å². The van der Waals surface area contributed by atoms with Crippen molar-refractivity contribution in [2.45, 2.75) is 51.6 Å². The van der Waals surface area contributed by atoms with Gasteiger partial charge in [0.05, 0.1) is 6.04 Å². The Kier molecular flexibility index (Phi) is 4.13. The summed E-state index contributed by atoms with van der Waals surface area (Å²) in [5.41, 5.74) is 0. The summed E-state index contributed by atoms with van der Waals surface area (Å²) in [6, 6.07) is 0.913. The first kappa shape index (κ1) is 11.8. The molecule has 0 saturated carbocycles. The third-order valence-corrected chi connectivity index (χ3v) is 4.33. The molecule has 0 spiro atoms. The van der Waals surface area contributed by atoms with Gasteiger partial charge in [0.2, 0.25) is 0 Å². The van der Waals surface area contributed by atoms with E-state index in [0.717, 1.165) is 6.42 Å².